The Morgan fingerprint density at radius 2 is 1.78 bits per heavy atom. The molecule has 2 N–H and O–H groups in total. The summed E-state index contributed by atoms with van der Waals surface area (Å²) in [6.07, 6.45) is 0. The minimum absolute atomic E-state index is 0.0245. The fraction of sp³-hybridized carbons (Fsp3) is 0.0435. The number of fused-ring (bicyclic) bond motifs is 3. The molecule has 4 aromatic rings. The Kier molecular flexibility index (Phi) is 4.27. The zero-order valence-corrected chi connectivity index (χ0v) is 16.3. The van der Waals surface area contributed by atoms with Gasteiger partial charge in [0.05, 0.1) is 27.4 Å². The van der Waals surface area contributed by atoms with Crippen molar-refractivity contribution in [1.29, 1.82) is 5.26 Å². The van der Waals surface area contributed by atoms with E-state index in [2.05, 4.69) is 0 Å². The van der Waals surface area contributed by atoms with Crippen LogP contribution in [0.25, 0.3) is 22.3 Å². The predicted octanol–water partition coefficient (Wildman–Crippen LogP) is 4.18. The molecule has 0 saturated carbocycles. The third kappa shape index (κ3) is 2.82. The van der Waals surface area contributed by atoms with Crippen LogP contribution in [0.15, 0.2) is 85.7 Å². The van der Waals surface area contributed by atoms with E-state index in [-0.39, 0.29) is 45.5 Å². The van der Waals surface area contributed by atoms with Crippen LogP contribution in [0, 0.1) is 21.4 Å². The molecule has 3 heterocycles. The number of ether oxygens (including phenoxy) is 1. The summed E-state index contributed by atoms with van der Waals surface area (Å²) in [6.45, 7) is 0. The van der Waals surface area contributed by atoms with E-state index < -0.39 is 16.5 Å². The summed E-state index contributed by atoms with van der Waals surface area (Å²) < 4.78 is 17.0. The maximum Gasteiger partial charge on any atom is 0.344 e. The van der Waals surface area contributed by atoms with Crippen LogP contribution in [0.2, 0.25) is 0 Å². The Morgan fingerprint density at radius 1 is 1.03 bits per heavy atom. The summed E-state index contributed by atoms with van der Waals surface area (Å²) in [4.78, 5) is 23.8. The van der Waals surface area contributed by atoms with Gasteiger partial charge >= 0.3 is 5.63 Å². The summed E-state index contributed by atoms with van der Waals surface area (Å²) in [5.41, 5.74) is 5.80. The van der Waals surface area contributed by atoms with E-state index in [4.69, 9.17) is 19.3 Å². The maximum atomic E-state index is 12.9. The molecule has 1 aliphatic rings. The summed E-state index contributed by atoms with van der Waals surface area (Å²) in [7, 11) is 0. The van der Waals surface area contributed by atoms with Crippen molar-refractivity contribution >= 4 is 16.7 Å². The van der Waals surface area contributed by atoms with Crippen molar-refractivity contribution in [2.24, 2.45) is 5.73 Å². The Hall–Kier alpha value is -4.84. The number of para-hydroxylation sites is 2. The molecule has 0 saturated heterocycles. The van der Waals surface area contributed by atoms with Crippen molar-refractivity contribution in [2.75, 3.05) is 0 Å². The van der Waals surface area contributed by atoms with Gasteiger partial charge in [0, 0.05) is 6.07 Å². The molecule has 1 atom stereocenters. The van der Waals surface area contributed by atoms with Gasteiger partial charge in [0.1, 0.15) is 28.7 Å². The highest BCUT2D eigenvalue weighted by molar-refractivity contribution is 5.86. The highest BCUT2D eigenvalue weighted by Gasteiger charge is 2.37. The molecule has 9 heteroatoms. The van der Waals surface area contributed by atoms with Gasteiger partial charge in [-0.05, 0) is 30.3 Å². The maximum absolute atomic E-state index is 12.9. The second kappa shape index (κ2) is 7.14. The molecule has 0 aliphatic carbocycles. The van der Waals surface area contributed by atoms with Crippen LogP contribution in [0.1, 0.15) is 17.2 Å². The number of rotatable bonds is 3. The lowest BCUT2D eigenvalue weighted by atomic mass is 9.87. The Balaban J connectivity index is 1.74. The first-order valence-corrected chi connectivity index (χ1v) is 9.46. The van der Waals surface area contributed by atoms with Crippen LogP contribution in [0.4, 0.5) is 5.69 Å². The van der Waals surface area contributed by atoms with Gasteiger partial charge in [-0.25, -0.2) is 4.79 Å². The van der Waals surface area contributed by atoms with E-state index in [9.17, 15) is 20.2 Å². The van der Waals surface area contributed by atoms with E-state index in [0.29, 0.717) is 11.0 Å². The fourth-order valence-corrected chi connectivity index (χ4v) is 3.84. The molecule has 2 aromatic carbocycles. The lowest BCUT2D eigenvalue weighted by Crippen LogP contribution is -2.26. The van der Waals surface area contributed by atoms with Crippen LogP contribution >= 0.6 is 0 Å². The van der Waals surface area contributed by atoms with Crippen molar-refractivity contribution in [2.45, 2.75) is 5.92 Å². The average molecular weight is 427 g/mol. The third-order valence-corrected chi connectivity index (χ3v) is 5.25. The summed E-state index contributed by atoms with van der Waals surface area (Å²) in [6, 6.07) is 18.0. The quantitative estimate of drug-likeness (QED) is 0.291. The van der Waals surface area contributed by atoms with Crippen LogP contribution in [0.5, 0.6) is 5.75 Å². The number of nitrogens with zero attached hydrogens (tertiary/aromatic N) is 2. The fourth-order valence-electron chi connectivity index (χ4n) is 3.84. The van der Waals surface area contributed by atoms with Crippen LogP contribution in [-0.2, 0) is 0 Å². The zero-order valence-electron chi connectivity index (χ0n) is 16.3. The van der Waals surface area contributed by atoms with Crippen molar-refractivity contribution in [3.8, 4) is 23.1 Å². The summed E-state index contributed by atoms with van der Waals surface area (Å²) in [5, 5.41) is 21.6. The first-order valence-electron chi connectivity index (χ1n) is 9.46. The normalized spacial score (nSPS) is 15.2. The number of benzene rings is 2. The van der Waals surface area contributed by atoms with Crippen molar-refractivity contribution < 1.29 is 18.5 Å². The molecule has 0 unspecified atom stereocenters. The molecular formula is C23H13N3O6. The number of furan rings is 1. The highest BCUT2D eigenvalue weighted by atomic mass is 16.6. The van der Waals surface area contributed by atoms with Crippen molar-refractivity contribution in [3.05, 3.63) is 104 Å². The van der Waals surface area contributed by atoms with Gasteiger partial charge in [-0.2, -0.15) is 5.26 Å². The average Bonchev–Trinajstić information content (AvgIpc) is 3.28. The molecule has 156 valence electrons. The van der Waals surface area contributed by atoms with Gasteiger partial charge < -0.3 is 19.3 Å². The number of nitriles is 1. The van der Waals surface area contributed by atoms with Gasteiger partial charge in [0.15, 0.2) is 5.75 Å². The minimum atomic E-state index is -0.999. The molecule has 0 spiro atoms. The molecule has 0 bridgehead atoms. The molecule has 1 aliphatic heterocycles. The highest BCUT2D eigenvalue weighted by Crippen LogP contribution is 2.45. The number of nitro groups is 1. The van der Waals surface area contributed by atoms with E-state index in [1.54, 1.807) is 54.6 Å². The van der Waals surface area contributed by atoms with Crippen LogP contribution < -0.4 is 16.1 Å². The molecule has 0 amide bonds. The van der Waals surface area contributed by atoms with E-state index >= 15 is 0 Å². The monoisotopic (exact) mass is 427 g/mol. The largest absolute Gasteiger partial charge is 0.460 e. The molecule has 2 aromatic heterocycles. The topological polar surface area (TPSA) is 146 Å². The lowest BCUT2D eigenvalue weighted by molar-refractivity contribution is -0.384. The van der Waals surface area contributed by atoms with Crippen LogP contribution in [-0.4, -0.2) is 4.92 Å². The summed E-state index contributed by atoms with van der Waals surface area (Å²) in [5.74, 6) is -0.571. The molecule has 5 rings (SSSR count). The minimum Gasteiger partial charge on any atom is -0.460 e. The van der Waals surface area contributed by atoms with E-state index in [0.717, 1.165) is 0 Å². The second-order valence-electron chi connectivity index (χ2n) is 7.03. The number of hydrogen-bond acceptors (Lipinski definition) is 8. The van der Waals surface area contributed by atoms with Gasteiger partial charge in [0.25, 0.3) is 5.69 Å². The number of nitrogens with two attached hydrogens (primary N) is 1. The second-order valence-corrected chi connectivity index (χ2v) is 7.03. The van der Waals surface area contributed by atoms with Gasteiger partial charge in [-0.3, -0.25) is 10.1 Å². The van der Waals surface area contributed by atoms with Gasteiger partial charge in [0.2, 0.25) is 5.88 Å². The van der Waals surface area contributed by atoms with Crippen molar-refractivity contribution in [3.63, 3.8) is 0 Å². The Labute approximate surface area is 179 Å². The smallest absolute Gasteiger partial charge is 0.344 e. The summed E-state index contributed by atoms with van der Waals surface area (Å²) >= 11 is 0. The third-order valence-electron chi connectivity index (χ3n) is 5.25. The van der Waals surface area contributed by atoms with E-state index in [1.165, 1.54) is 6.07 Å². The SMILES string of the molecule is N#CC1=C(N)Oc2c(c(=O)oc3ccccc23)[C@@H]1c1ccc(-c2ccccc2[N+](=O)[O-])o1. The lowest BCUT2D eigenvalue weighted by Gasteiger charge is -2.24. The standard InChI is InChI=1S/C23H13N3O6/c24-11-14-19(18-10-9-17(30-18)12-5-1-3-7-15(12)26(28)29)20-21(32-22(14)25)13-6-2-4-8-16(13)31-23(20)27/h1-10,19H,25H2/t19-/m0/s1. The predicted molar refractivity (Wildman–Crippen MR) is 113 cm³/mol. The molecule has 0 fully saturated rings. The van der Waals surface area contributed by atoms with Gasteiger partial charge in [-0.1, -0.05) is 24.3 Å². The van der Waals surface area contributed by atoms with Gasteiger partial charge in [-0.15, -0.1) is 0 Å². The molecule has 0 radical (unpaired) electrons. The first kappa shape index (κ1) is 19.1. The number of nitro benzene ring substituents is 1. The molecule has 9 nitrogen and oxygen atoms in total. The first-order chi connectivity index (χ1) is 15.5. The Morgan fingerprint density at radius 3 is 2.56 bits per heavy atom. The van der Waals surface area contributed by atoms with E-state index in [1.807, 2.05) is 6.07 Å². The molecular weight excluding hydrogens is 414 g/mol. The zero-order chi connectivity index (χ0) is 22.4. The number of allylic oxidation sites excluding steroid dienone is 1. The number of hydrogen-bond donors (Lipinski definition) is 1. The van der Waals surface area contributed by atoms with Crippen molar-refractivity contribution in [1.82, 2.24) is 0 Å². The molecule has 32 heavy (non-hydrogen) atoms. The Bertz CT molecular complexity index is 1540. The van der Waals surface area contributed by atoms with Crippen LogP contribution in [0.3, 0.4) is 0 Å².